The Morgan fingerprint density at radius 2 is 1.68 bits per heavy atom. The summed E-state index contributed by atoms with van der Waals surface area (Å²) in [6.07, 6.45) is 1.06. The lowest BCUT2D eigenvalue weighted by molar-refractivity contribution is -0.123. The molecule has 142 valence electrons. The van der Waals surface area contributed by atoms with Gasteiger partial charge in [0.2, 0.25) is 0 Å². The lowest BCUT2D eigenvalue weighted by Crippen LogP contribution is -2.48. The molecule has 0 saturated heterocycles. The number of rotatable bonds is 0. The second-order valence-corrected chi connectivity index (χ2v) is 8.92. The molecule has 0 radical (unpaired) electrons. The Labute approximate surface area is 168 Å². The van der Waals surface area contributed by atoms with E-state index in [2.05, 4.69) is 29.8 Å². The first kappa shape index (κ1) is 17.3. The summed E-state index contributed by atoms with van der Waals surface area (Å²) in [4.78, 5) is 26.8. The van der Waals surface area contributed by atoms with E-state index in [4.69, 9.17) is 11.6 Å². The summed E-state index contributed by atoms with van der Waals surface area (Å²) in [6, 6.07) is 13.0. The Morgan fingerprint density at radius 1 is 0.929 bits per heavy atom. The summed E-state index contributed by atoms with van der Waals surface area (Å²) >= 11 is 6.29. The summed E-state index contributed by atoms with van der Waals surface area (Å²) < 4.78 is 0. The van der Waals surface area contributed by atoms with Crippen molar-refractivity contribution in [3.63, 3.8) is 0 Å². The van der Waals surface area contributed by atoms with Crippen LogP contribution >= 0.6 is 11.6 Å². The molecular weight excluding hydrogens is 374 g/mol. The third kappa shape index (κ3) is 2.32. The number of carbonyl (C=O) groups excluding carboxylic acids is 2. The van der Waals surface area contributed by atoms with Crippen molar-refractivity contribution in [3.05, 3.63) is 64.3 Å². The number of anilines is 3. The largest absolute Gasteiger partial charge is 0.362 e. The molecule has 1 spiro atoms. The van der Waals surface area contributed by atoms with Gasteiger partial charge < -0.3 is 16.0 Å². The van der Waals surface area contributed by atoms with Crippen LogP contribution in [-0.4, -0.2) is 11.7 Å². The number of fused-ring (bicyclic) bond motifs is 4. The summed E-state index contributed by atoms with van der Waals surface area (Å²) in [7, 11) is 0. The van der Waals surface area contributed by atoms with Crippen molar-refractivity contribution in [1.29, 1.82) is 0 Å². The molecule has 5 nitrogen and oxygen atoms in total. The van der Waals surface area contributed by atoms with E-state index in [1.807, 2.05) is 24.3 Å². The first-order valence-corrected chi connectivity index (χ1v) is 9.70. The molecule has 1 atom stereocenters. The fraction of sp³-hybridized carbons (Fsp3) is 0.273. The molecule has 1 amide bonds. The molecule has 6 heteroatoms. The van der Waals surface area contributed by atoms with Gasteiger partial charge in [-0.3, -0.25) is 9.59 Å². The van der Waals surface area contributed by atoms with Crippen molar-refractivity contribution in [3.8, 4) is 0 Å². The molecule has 0 fully saturated rings. The molecule has 28 heavy (non-hydrogen) atoms. The van der Waals surface area contributed by atoms with Gasteiger partial charge in [0.15, 0.2) is 11.3 Å². The number of amides is 1. The number of halogens is 1. The fourth-order valence-electron chi connectivity index (χ4n) is 4.64. The Hall–Kier alpha value is -2.79. The second-order valence-electron chi connectivity index (χ2n) is 8.48. The van der Waals surface area contributed by atoms with Gasteiger partial charge >= 0.3 is 0 Å². The zero-order chi connectivity index (χ0) is 19.7. The highest BCUT2D eigenvalue weighted by Crippen LogP contribution is 2.52. The van der Waals surface area contributed by atoms with Gasteiger partial charge in [-0.05, 0) is 42.2 Å². The maximum Gasteiger partial charge on any atom is 0.259 e. The van der Waals surface area contributed by atoms with Gasteiger partial charge in [-0.25, -0.2) is 0 Å². The van der Waals surface area contributed by atoms with Crippen LogP contribution < -0.4 is 16.0 Å². The lowest BCUT2D eigenvalue weighted by atomic mass is 9.69. The van der Waals surface area contributed by atoms with Crippen LogP contribution in [0.15, 0.2) is 53.7 Å². The van der Waals surface area contributed by atoms with Crippen molar-refractivity contribution >= 4 is 40.4 Å². The predicted molar refractivity (Wildman–Crippen MR) is 110 cm³/mol. The number of carbonyl (C=O) groups is 2. The van der Waals surface area contributed by atoms with Gasteiger partial charge in [0.25, 0.3) is 5.91 Å². The number of Topliss-reactive ketones (excluding diaryl/α,β-unsaturated/α-hetero) is 1. The maximum atomic E-state index is 13.4. The van der Waals surface area contributed by atoms with Gasteiger partial charge in [-0.15, -0.1) is 0 Å². The number of hydrogen-bond acceptors (Lipinski definition) is 4. The zero-order valence-electron chi connectivity index (χ0n) is 15.7. The van der Waals surface area contributed by atoms with Crippen molar-refractivity contribution in [2.45, 2.75) is 32.2 Å². The van der Waals surface area contributed by atoms with Gasteiger partial charge in [-0.2, -0.15) is 0 Å². The predicted octanol–water partition coefficient (Wildman–Crippen LogP) is 4.67. The topological polar surface area (TPSA) is 70.2 Å². The third-order valence-electron chi connectivity index (χ3n) is 5.76. The number of hydrogen-bond donors (Lipinski definition) is 3. The van der Waals surface area contributed by atoms with Crippen LogP contribution in [0, 0.1) is 5.41 Å². The summed E-state index contributed by atoms with van der Waals surface area (Å²) in [5, 5.41) is 10.3. The highest BCUT2D eigenvalue weighted by Gasteiger charge is 2.56. The van der Waals surface area contributed by atoms with Crippen LogP contribution in [0.4, 0.5) is 17.1 Å². The van der Waals surface area contributed by atoms with Gasteiger partial charge in [0.1, 0.15) is 0 Å². The minimum absolute atomic E-state index is 0.0259. The molecule has 5 rings (SSSR count). The number of para-hydroxylation sites is 2. The normalized spacial score (nSPS) is 24.5. The summed E-state index contributed by atoms with van der Waals surface area (Å²) in [5.41, 5.74) is 2.77. The number of benzene rings is 2. The molecule has 3 N–H and O–H groups in total. The highest BCUT2D eigenvalue weighted by atomic mass is 35.5. The smallest absolute Gasteiger partial charge is 0.259 e. The number of allylic oxidation sites excluding steroid dienone is 1. The van der Waals surface area contributed by atoms with Crippen molar-refractivity contribution in [1.82, 2.24) is 0 Å². The second kappa shape index (κ2) is 5.61. The van der Waals surface area contributed by atoms with Crippen molar-refractivity contribution < 1.29 is 9.59 Å². The van der Waals surface area contributed by atoms with E-state index in [0.717, 1.165) is 17.1 Å². The van der Waals surface area contributed by atoms with E-state index >= 15 is 0 Å². The van der Waals surface area contributed by atoms with Gasteiger partial charge in [-0.1, -0.05) is 37.6 Å². The standard InChI is InChI=1S/C22H20ClN3O2/c1-21(2)10-17-19(18(27)11-21)22(26-16-6-4-3-5-15(16)24-17)13-9-12(23)7-8-14(13)25-20(22)28/h3-9,24,26H,10-11H2,1-2H3,(H,25,28). The Morgan fingerprint density at radius 3 is 2.46 bits per heavy atom. The molecule has 1 unspecified atom stereocenters. The van der Waals surface area contributed by atoms with E-state index in [1.165, 1.54) is 0 Å². The van der Waals surface area contributed by atoms with E-state index in [-0.39, 0.29) is 17.1 Å². The number of nitrogens with one attached hydrogen (secondary N) is 3. The summed E-state index contributed by atoms with van der Waals surface area (Å²) in [6.45, 7) is 4.15. The molecular formula is C22H20ClN3O2. The first-order valence-electron chi connectivity index (χ1n) is 9.33. The average molecular weight is 394 g/mol. The Bertz CT molecular complexity index is 1090. The number of ketones is 1. The molecule has 0 bridgehead atoms. The fourth-order valence-corrected chi connectivity index (χ4v) is 4.81. The quantitative estimate of drug-likeness (QED) is 0.608. The summed E-state index contributed by atoms with van der Waals surface area (Å²) in [5.74, 6) is -0.286. The molecule has 0 aromatic heterocycles. The molecule has 2 aliphatic heterocycles. The zero-order valence-corrected chi connectivity index (χ0v) is 16.4. The molecule has 2 heterocycles. The molecule has 2 aromatic rings. The van der Waals surface area contributed by atoms with Crippen molar-refractivity contribution in [2.75, 3.05) is 16.0 Å². The van der Waals surface area contributed by atoms with Crippen LogP contribution in [0.25, 0.3) is 0 Å². The average Bonchev–Trinajstić information content (AvgIpc) is 2.79. The molecule has 0 saturated carbocycles. The maximum absolute atomic E-state index is 13.4. The van der Waals surface area contributed by atoms with Crippen LogP contribution in [0.1, 0.15) is 32.3 Å². The monoisotopic (exact) mass is 393 g/mol. The molecule has 1 aliphatic carbocycles. The van der Waals surface area contributed by atoms with Crippen molar-refractivity contribution in [2.24, 2.45) is 5.41 Å². The van der Waals surface area contributed by atoms with Gasteiger partial charge in [0, 0.05) is 28.4 Å². The minimum atomic E-state index is -1.30. The van der Waals surface area contributed by atoms with E-state index in [0.29, 0.717) is 34.7 Å². The van der Waals surface area contributed by atoms with Crippen LogP contribution in [0.3, 0.4) is 0 Å². The van der Waals surface area contributed by atoms with Crippen LogP contribution in [-0.2, 0) is 15.1 Å². The SMILES string of the molecule is CC1(C)CC(=O)C2=C(C1)Nc1ccccc1NC21C(=O)Nc2ccc(Cl)cc21. The van der Waals surface area contributed by atoms with Gasteiger partial charge in [0.05, 0.1) is 16.9 Å². The van der Waals surface area contributed by atoms with E-state index < -0.39 is 5.54 Å². The molecule has 2 aromatic carbocycles. The Balaban J connectivity index is 1.85. The van der Waals surface area contributed by atoms with Crippen LogP contribution in [0.5, 0.6) is 0 Å². The minimum Gasteiger partial charge on any atom is -0.362 e. The third-order valence-corrected chi connectivity index (χ3v) is 5.99. The van der Waals surface area contributed by atoms with Crippen LogP contribution in [0.2, 0.25) is 5.02 Å². The van der Waals surface area contributed by atoms with E-state index in [9.17, 15) is 9.59 Å². The Kier molecular flexibility index (Phi) is 3.47. The molecule has 3 aliphatic rings. The lowest BCUT2D eigenvalue weighted by Gasteiger charge is -2.37. The van der Waals surface area contributed by atoms with E-state index in [1.54, 1.807) is 18.2 Å². The highest BCUT2D eigenvalue weighted by molar-refractivity contribution is 6.31. The first-order chi connectivity index (χ1) is 13.3.